The lowest BCUT2D eigenvalue weighted by molar-refractivity contribution is 0.331. The van der Waals surface area contributed by atoms with Crippen molar-refractivity contribution >= 4 is 0 Å². The van der Waals surface area contributed by atoms with Gasteiger partial charge in [0.1, 0.15) is 0 Å². The third-order valence-corrected chi connectivity index (χ3v) is 6.60. The number of benzene rings is 3. The van der Waals surface area contributed by atoms with E-state index in [4.69, 9.17) is 0 Å². The molecular formula is C28H29. The lowest BCUT2D eigenvalue weighted by Crippen LogP contribution is -2.24. The Labute approximate surface area is 169 Å². The summed E-state index contributed by atoms with van der Waals surface area (Å²) in [6, 6.07) is 29.2. The van der Waals surface area contributed by atoms with Gasteiger partial charge in [-0.05, 0) is 78.2 Å². The topological polar surface area (TPSA) is 0 Å². The molecule has 0 amide bonds. The largest absolute Gasteiger partial charge is 0.0622 e. The Morgan fingerprint density at radius 3 is 1.96 bits per heavy atom. The Balaban J connectivity index is 1.52. The van der Waals surface area contributed by atoms with Gasteiger partial charge in [0, 0.05) is 5.92 Å². The zero-order valence-electron chi connectivity index (χ0n) is 16.6. The van der Waals surface area contributed by atoms with E-state index in [9.17, 15) is 0 Å². The van der Waals surface area contributed by atoms with Crippen LogP contribution in [0.2, 0.25) is 0 Å². The molecule has 0 spiro atoms. The maximum atomic E-state index is 2.43. The van der Waals surface area contributed by atoms with Crippen LogP contribution in [0.15, 0.2) is 78.9 Å². The first-order chi connectivity index (χ1) is 13.9. The van der Waals surface area contributed by atoms with E-state index in [-0.39, 0.29) is 0 Å². The van der Waals surface area contributed by atoms with Crippen molar-refractivity contribution in [2.45, 2.75) is 50.9 Å². The standard InChI is InChI=1S/C28H29/c1-3-9-21(10-4-1)19-25-15-8-16-26(28(25)24-17-18-24)27(23-13-7-14-23)20-22-11-5-2-6-12-22/h1-6,8-12,15-16,23-24H,7,13-14,17-20H2. The molecule has 3 aromatic rings. The first-order valence-electron chi connectivity index (χ1n) is 10.9. The Bertz CT molecular complexity index is 901. The Kier molecular flexibility index (Phi) is 5.04. The molecule has 0 heteroatoms. The number of rotatable bonds is 7. The van der Waals surface area contributed by atoms with Crippen molar-refractivity contribution < 1.29 is 0 Å². The van der Waals surface area contributed by atoms with Gasteiger partial charge in [0.15, 0.2) is 0 Å². The van der Waals surface area contributed by atoms with E-state index in [1.807, 2.05) is 0 Å². The molecule has 0 atom stereocenters. The van der Waals surface area contributed by atoms with Crippen molar-refractivity contribution in [3.05, 3.63) is 113 Å². The smallest absolute Gasteiger partial charge is 0.0127 e. The number of hydrogen-bond acceptors (Lipinski definition) is 0. The maximum Gasteiger partial charge on any atom is 0.0127 e. The molecule has 28 heavy (non-hydrogen) atoms. The third-order valence-electron chi connectivity index (χ3n) is 6.60. The van der Waals surface area contributed by atoms with E-state index < -0.39 is 0 Å². The third kappa shape index (κ3) is 3.78. The van der Waals surface area contributed by atoms with Crippen LogP contribution in [0.25, 0.3) is 0 Å². The summed E-state index contributed by atoms with van der Waals surface area (Å²) in [5, 5.41) is 0. The van der Waals surface area contributed by atoms with Crippen LogP contribution in [-0.2, 0) is 12.8 Å². The molecule has 0 aliphatic heterocycles. The van der Waals surface area contributed by atoms with Crippen molar-refractivity contribution in [3.8, 4) is 0 Å². The average Bonchev–Trinajstić information content (AvgIpc) is 3.53. The van der Waals surface area contributed by atoms with E-state index in [0.717, 1.165) is 24.7 Å². The molecule has 0 heterocycles. The first-order valence-corrected chi connectivity index (χ1v) is 10.9. The predicted molar refractivity (Wildman–Crippen MR) is 117 cm³/mol. The first kappa shape index (κ1) is 17.7. The van der Waals surface area contributed by atoms with Crippen molar-refractivity contribution in [1.82, 2.24) is 0 Å². The monoisotopic (exact) mass is 365 g/mol. The van der Waals surface area contributed by atoms with E-state index in [0.29, 0.717) is 0 Å². The van der Waals surface area contributed by atoms with E-state index >= 15 is 0 Å². The highest BCUT2D eigenvalue weighted by atomic mass is 14.4. The zero-order valence-corrected chi connectivity index (χ0v) is 16.6. The molecule has 2 fully saturated rings. The summed E-state index contributed by atoms with van der Waals surface area (Å²) >= 11 is 0. The molecule has 1 radical (unpaired) electrons. The van der Waals surface area contributed by atoms with Crippen molar-refractivity contribution in [2.75, 3.05) is 0 Å². The highest BCUT2D eigenvalue weighted by Crippen LogP contribution is 2.49. The summed E-state index contributed by atoms with van der Waals surface area (Å²) in [5.41, 5.74) is 7.69. The SMILES string of the molecule is c1ccc(C[C](c2cccc(Cc3ccccc3)c2C2CC2)C2CCC2)cc1. The molecule has 0 bridgehead atoms. The van der Waals surface area contributed by atoms with Crippen LogP contribution in [0, 0.1) is 11.8 Å². The molecule has 2 aliphatic rings. The fourth-order valence-corrected chi connectivity index (χ4v) is 4.75. The van der Waals surface area contributed by atoms with Crippen LogP contribution in [0.4, 0.5) is 0 Å². The van der Waals surface area contributed by atoms with E-state index in [2.05, 4.69) is 78.9 Å². The molecule has 0 unspecified atom stereocenters. The summed E-state index contributed by atoms with van der Waals surface area (Å²) in [5.74, 6) is 3.26. The van der Waals surface area contributed by atoms with Gasteiger partial charge >= 0.3 is 0 Å². The molecule has 0 aromatic heterocycles. The average molecular weight is 366 g/mol. The highest BCUT2D eigenvalue weighted by molar-refractivity contribution is 5.50. The molecule has 2 aliphatic carbocycles. The summed E-state index contributed by atoms with van der Waals surface area (Å²) in [7, 11) is 0. The molecule has 5 rings (SSSR count). The molecule has 2 saturated carbocycles. The second kappa shape index (κ2) is 7.95. The minimum atomic E-state index is 0.778. The van der Waals surface area contributed by atoms with Gasteiger partial charge < -0.3 is 0 Å². The van der Waals surface area contributed by atoms with Gasteiger partial charge in [0.2, 0.25) is 0 Å². The Morgan fingerprint density at radius 2 is 1.36 bits per heavy atom. The van der Waals surface area contributed by atoms with Gasteiger partial charge in [-0.25, -0.2) is 0 Å². The lowest BCUT2D eigenvalue weighted by atomic mass is 9.69. The second-order valence-electron chi connectivity index (χ2n) is 8.63. The zero-order chi connectivity index (χ0) is 18.8. The molecule has 0 saturated heterocycles. The van der Waals surface area contributed by atoms with Crippen LogP contribution < -0.4 is 0 Å². The van der Waals surface area contributed by atoms with E-state index in [1.54, 1.807) is 22.6 Å². The Hall–Kier alpha value is -2.34. The summed E-state index contributed by atoms with van der Waals surface area (Å²) in [6.07, 6.45) is 9.03. The highest BCUT2D eigenvalue weighted by Gasteiger charge is 2.35. The fourth-order valence-electron chi connectivity index (χ4n) is 4.75. The van der Waals surface area contributed by atoms with Gasteiger partial charge in [0.25, 0.3) is 0 Å². The molecular weight excluding hydrogens is 336 g/mol. The van der Waals surface area contributed by atoms with Crippen LogP contribution in [0.1, 0.15) is 65.8 Å². The number of hydrogen-bond donors (Lipinski definition) is 0. The fraction of sp³-hybridized carbons (Fsp3) is 0.321. The molecule has 0 nitrogen and oxygen atoms in total. The summed E-state index contributed by atoms with van der Waals surface area (Å²) < 4.78 is 0. The van der Waals surface area contributed by atoms with Gasteiger partial charge in [0.05, 0.1) is 0 Å². The maximum absolute atomic E-state index is 2.43. The van der Waals surface area contributed by atoms with Crippen LogP contribution >= 0.6 is 0 Å². The summed E-state index contributed by atoms with van der Waals surface area (Å²) in [6.45, 7) is 0. The van der Waals surface area contributed by atoms with E-state index in [1.165, 1.54) is 43.2 Å². The van der Waals surface area contributed by atoms with Crippen molar-refractivity contribution in [3.63, 3.8) is 0 Å². The lowest BCUT2D eigenvalue weighted by Gasteiger charge is -2.35. The normalized spacial score (nSPS) is 16.9. The quantitative estimate of drug-likeness (QED) is 0.418. The van der Waals surface area contributed by atoms with Crippen molar-refractivity contribution in [1.29, 1.82) is 0 Å². The predicted octanol–water partition coefficient (Wildman–Crippen LogP) is 7.12. The second-order valence-corrected chi connectivity index (χ2v) is 8.63. The minimum absolute atomic E-state index is 0.778. The van der Waals surface area contributed by atoms with Crippen molar-refractivity contribution in [2.24, 2.45) is 5.92 Å². The Morgan fingerprint density at radius 1 is 0.679 bits per heavy atom. The minimum Gasteiger partial charge on any atom is -0.0622 e. The molecule has 3 aromatic carbocycles. The molecule has 141 valence electrons. The molecule has 0 N–H and O–H groups in total. The van der Waals surface area contributed by atoms with Gasteiger partial charge in [-0.3, -0.25) is 0 Å². The van der Waals surface area contributed by atoms with Crippen LogP contribution in [0.5, 0.6) is 0 Å². The van der Waals surface area contributed by atoms with Gasteiger partial charge in [-0.1, -0.05) is 85.3 Å². The van der Waals surface area contributed by atoms with Crippen LogP contribution in [-0.4, -0.2) is 0 Å². The van der Waals surface area contributed by atoms with Gasteiger partial charge in [-0.15, -0.1) is 0 Å². The van der Waals surface area contributed by atoms with Crippen LogP contribution in [0.3, 0.4) is 0 Å². The van der Waals surface area contributed by atoms with Gasteiger partial charge in [-0.2, -0.15) is 0 Å². The summed E-state index contributed by atoms with van der Waals surface area (Å²) in [4.78, 5) is 0.